The first-order valence-electron chi connectivity index (χ1n) is 12.7. The van der Waals surface area contributed by atoms with Crippen molar-refractivity contribution >= 4 is 35.5 Å². The lowest BCUT2D eigenvalue weighted by Gasteiger charge is -2.30. The van der Waals surface area contributed by atoms with Crippen LogP contribution in [0.25, 0.3) is 6.08 Å². The molecule has 0 aromatic heterocycles. The number of allylic oxidation sites excluding steroid dienone is 1. The Bertz CT molecular complexity index is 1290. The number of nitrogens with zero attached hydrogens (tertiary/aromatic N) is 4. The highest BCUT2D eigenvalue weighted by Crippen LogP contribution is 2.44. The summed E-state index contributed by atoms with van der Waals surface area (Å²) in [4.78, 5) is 53.2. The Morgan fingerprint density at radius 2 is 1.62 bits per heavy atom. The summed E-state index contributed by atoms with van der Waals surface area (Å²) in [5, 5.41) is 6.23. The van der Waals surface area contributed by atoms with Gasteiger partial charge in [-0.05, 0) is 48.0 Å². The maximum absolute atomic E-state index is 13.6. The molecule has 0 spiro atoms. The fourth-order valence-electron chi connectivity index (χ4n) is 5.36. The van der Waals surface area contributed by atoms with Crippen LogP contribution < -0.4 is 0 Å². The molecule has 190 valence electrons. The molecule has 0 bridgehead atoms. The van der Waals surface area contributed by atoms with Gasteiger partial charge in [0.25, 0.3) is 5.91 Å². The summed E-state index contributed by atoms with van der Waals surface area (Å²) in [6, 6.07) is 18.6. The Morgan fingerprint density at radius 3 is 2.30 bits per heavy atom. The fraction of sp³-hybridized carbons (Fsp3) is 0.345. The number of carbonyl (C=O) groups excluding carboxylic acids is 4. The number of amides is 5. The number of rotatable bonds is 6. The van der Waals surface area contributed by atoms with Crippen molar-refractivity contribution in [3.05, 3.63) is 77.4 Å². The Balaban J connectivity index is 1.47. The van der Waals surface area contributed by atoms with E-state index in [2.05, 4.69) is 6.08 Å². The third kappa shape index (κ3) is 4.71. The lowest BCUT2D eigenvalue weighted by molar-refractivity contribution is -0.145. The van der Waals surface area contributed by atoms with E-state index in [0.29, 0.717) is 0 Å². The van der Waals surface area contributed by atoms with E-state index in [1.54, 1.807) is 0 Å². The van der Waals surface area contributed by atoms with E-state index in [1.165, 1.54) is 5.01 Å². The molecule has 0 radical (unpaired) electrons. The third-order valence-corrected chi connectivity index (χ3v) is 7.01. The fourth-order valence-corrected chi connectivity index (χ4v) is 5.36. The normalized spacial score (nSPS) is 22.8. The number of urea groups is 1. The third-order valence-electron chi connectivity index (χ3n) is 7.01. The molecule has 2 aliphatic heterocycles. The van der Waals surface area contributed by atoms with Crippen molar-refractivity contribution in [2.45, 2.75) is 39.2 Å². The van der Waals surface area contributed by atoms with Gasteiger partial charge in [0, 0.05) is 12.5 Å². The highest BCUT2D eigenvalue weighted by atomic mass is 16.2. The predicted molar refractivity (Wildman–Crippen MR) is 139 cm³/mol. The number of carbonyl (C=O) groups is 4. The second kappa shape index (κ2) is 10.1. The van der Waals surface area contributed by atoms with Crippen LogP contribution in [0.2, 0.25) is 0 Å². The van der Waals surface area contributed by atoms with Crippen LogP contribution in [0, 0.1) is 11.8 Å². The van der Waals surface area contributed by atoms with Gasteiger partial charge in [-0.25, -0.2) is 14.7 Å². The van der Waals surface area contributed by atoms with Gasteiger partial charge < -0.3 is 0 Å². The van der Waals surface area contributed by atoms with Gasteiger partial charge in [0.15, 0.2) is 0 Å². The Kier molecular flexibility index (Phi) is 6.74. The van der Waals surface area contributed by atoms with E-state index in [4.69, 9.17) is 5.10 Å². The largest absolute Gasteiger partial charge is 0.334 e. The molecule has 8 heteroatoms. The number of benzene rings is 2. The highest BCUT2D eigenvalue weighted by molar-refractivity contribution is 6.45. The van der Waals surface area contributed by atoms with E-state index in [-0.39, 0.29) is 24.4 Å². The number of hydrogen-bond acceptors (Lipinski definition) is 5. The van der Waals surface area contributed by atoms with Crippen LogP contribution in [-0.2, 0) is 14.4 Å². The molecule has 37 heavy (non-hydrogen) atoms. The molecule has 1 aliphatic carbocycles. The second-order valence-electron chi connectivity index (χ2n) is 10.1. The zero-order valence-corrected chi connectivity index (χ0v) is 21.0. The van der Waals surface area contributed by atoms with Crippen LogP contribution in [0.4, 0.5) is 4.79 Å². The molecular formula is C29H30N4O4. The average molecular weight is 499 g/mol. The van der Waals surface area contributed by atoms with Gasteiger partial charge in [-0.1, -0.05) is 74.5 Å². The van der Waals surface area contributed by atoms with Crippen molar-refractivity contribution < 1.29 is 19.2 Å². The molecule has 2 unspecified atom stereocenters. The van der Waals surface area contributed by atoms with Gasteiger partial charge in [-0.15, -0.1) is 0 Å². The second-order valence-corrected chi connectivity index (χ2v) is 10.1. The first-order valence-corrected chi connectivity index (χ1v) is 12.7. The molecular weight excluding hydrogens is 468 g/mol. The summed E-state index contributed by atoms with van der Waals surface area (Å²) in [5.41, 5.74) is 3.97. The minimum Gasteiger partial charge on any atom is -0.271 e. The van der Waals surface area contributed by atoms with E-state index in [9.17, 15) is 19.2 Å². The van der Waals surface area contributed by atoms with E-state index >= 15 is 0 Å². The molecule has 1 saturated heterocycles. The van der Waals surface area contributed by atoms with E-state index in [0.717, 1.165) is 51.5 Å². The summed E-state index contributed by atoms with van der Waals surface area (Å²) in [7, 11) is 0. The van der Waals surface area contributed by atoms with Crippen LogP contribution in [0.5, 0.6) is 0 Å². The quantitative estimate of drug-likeness (QED) is 0.440. The van der Waals surface area contributed by atoms with Crippen molar-refractivity contribution in [2.75, 3.05) is 13.1 Å². The monoisotopic (exact) mass is 498 g/mol. The average Bonchev–Trinajstić information content (AvgIpc) is 3.38. The smallest absolute Gasteiger partial charge is 0.271 e. The minimum atomic E-state index is -0.968. The molecule has 2 aromatic carbocycles. The standard InChI is InChI=1S/C29H30N4O4/c1-19(2)17-31-27(35)28(36)32(29(31)37)18-24(34)33-26(21-12-7-4-8-13-21)23-15-9-14-22(25(23)30-33)16-20-10-5-3-6-11-20/h3-8,10-13,16,19,23,26H,9,14-15,17-18H2,1-2H3. The van der Waals surface area contributed by atoms with Crippen molar-refractivity contribution in [3.8, 4) is 0 Å². The Hall–Kier alpha value is -4.07. The summed E-state index contributed by atoms with van der Waals surface area (Å²) in [6.45, 7) is 3.31. The molecule has 2 heterocycles. The first-order chi connectivity index (χ1) is 17.8. The zero-order chi connectivity index (χ0) is 26.1. The summed E-state index contributed by atoms with van der Waals surface area (Å²) in [5.74, 6) is -2.35. The topological polar surface area (TPSA) is 90.4 Å². The minimum absolute atomic E-state index is 0.000820. The van der Waals surface area contributed by atoms with Crippen LogP contribution >= 0.6 is 0 Å². The number of imide groups is 2. The first kappa shape index (κ1) is 24.6. The maximum Gasteiger partial charge on any atom is 0.334 e. The summed E-state index contributed by atoms with van der Waals surface area (Å²) in [6.07, 6.45) is 4.82. The van der Waals surface area contributed by atoms with Crippen molar-refractivity contribution in [1.82, 2.24) is 14.8 Å². The zero-order valence-electron chi connectivity index (χ0n) is 21.0. The Morgan fingerprint density at radius 1 is 0.973 bits per heavy atom. The number of fused-ring (bicyclic) bond motifs is 1. The molecule has 1 saturated carbocycles. The van der Waals surface area contributed by atoms with Gasteiger partial charge in [0.05, 0.1) is 11.8 Å². The molecule has 5 amide bonds. The SMILES string of the molecule is CC(C)CN1C(=O)C(=O)N(CC(=O)N2N=C3C(=Cc4ccccc4)CCCC3C2c2ccccc2)C1=O. The van der Waals surface area contributed by atoms with Gasteiger partial charge in [-0.2, -0.15) is 5.10 Å². The highest BCUT2D eigenvalue weighted by Gasteiger charge is 2.48. The molecule has 3 aliphatic rings. The predicted octanol–water partition coefficient (Wildman–Crippen LogP) is 4.26. The maximum atomic E-state index is 13.6. The van der Waals surface area contributed by atoms with Gasteiger partial charge in [0.2, 0.25) is 0 Å². The van der Waals surface area contributed by atoms with Crippen LogP contribution in [-0.4, -0.2) is 57.4 Å². The van der Waals surface area contributed by atoms with Crippen molar-refractivity contribution in [1.29, 1.82) is 0 Å². The lowest BCUT2D eigenvalue weighted by Crippen LogP contribution is -2.43. The molecule has 0 N–H and O–H groups in total. The summed E-state index contributed by atoms with van der Waals surface area (Å²) >= 11 is 0. The molecule has 8 nitrogen and oxygen atoms in total. The lowest BCUT2D eigenvalue weighted by atomic mass is 9.77. The molecule has 2 fully saturated rings. The summed E-state index contributed by atoms with van der Waals surface area (Å²) < 4.78 is 0. The molecule has 2 aromatic rings. The Labute approximate surface area is 216 Å². The van der Waals surface area contributed by atoms with Crippen molar-refractivity contribution in [2.24, 2.45) is 16.9 Å². The molecule has 2 atom stereocenters. The van der Waals surface area contributed by atoms with Crippen LogP contribution in [0.1, 0.15) is 50.3 Å². The van der Waals surface area contributed by atoms with Crippen molar-refractivity contribution in [3.63, 3.8) is 0 Å². The number of hydrazone groups is 1. The van der Waals surface area contributed by atoms with Crippen LogP contribution in [0.3, 0.4) is 0 Å². The van der Waals surface area contributed by atoms with Gasteiger partial charge >= 0.3 is 17.8 Å². The van der Waals surface area contributed by atoms with Gasteiger partial charge in [-0.3, -0.25) is 19.3 Å². The van der Waals surface area contributed by atoms with Gasteiger partial charge in [0.1, 0.15) is 6.54 Å². The van der Waals surface area contributed by atoms with Crippen LogP contribution in [0.15, 0.2) is 71.3 Å². The van der Waals surface area contributed by atoms with E-state index in [1.807, 2.05) is 74.5 Å². The molecule has 5 rings (SSSR count). The number of hydrogen-bond donors (Lipinski definition) is 0. The van der Waals surface area contributed by atoms with E-state index < -0.39 is 30.3 Å².